The van der Waals surface area contributed by atoms with E-state index in [1.807, 2.05) is 0 Å². The molecular formula is C12H11FO3. The molecule has 0 spiro atoms. The van der Waals surface area contributed by atoms with E-state index in [1.165, 1.54) is 25.3 Å². The second-order valence-corrected chi connectivity index (χ2v) is 3.08. The molecule has 0 saturated heterocycles. The van der Waals surface area contributed by atoms with Crippen LogP contribution in [0.25, 0.3) is 6.08 Å². The molecule has 0 aliphatic carbocycles. The van der Waals surface area contributed by atoms with Gasteiger partial charge in [0.15, 0.2) is 6.29 Å². The van der Waals surface area contributed by atoms with Crippen molar-refractivity contribution in [2.24, 2.45) is 0 Å². The van der Waals surface area contributed by atoms with E-state index < -0.39 is 5.82 Å². The molecule has 0 fully saturated rings. The fraction of sp³-hybridized carbons (Fsp3) is 0.167. The Balaban J connectivity index is 2.74. The summed E-state index contributed by atoms with van der Waals surface area (Å²) in [6, 6.07) is 4.15. The minimum absolute atomic E-state index is 0.000202. The van der Waals surface area contributed by atoms with Gasteiger partial charge in [0.05, 0.1) is 19.1 Å². The van der Waals surface area contributed by atoms with Gasteiger partial charge in [-0.05, 0) is 17.7 Å². The summed E-state index contributed by atoms with van der Waals surface area (Å²) in [5.74, 6) is -0.908. The fourth-order valence-electron chi connectivity index (χ4n) is 1.13. The lowest BCUT2D eigenvalue weighted by Crippen LogP contribution is -1.96. The van der Waals surface area contributed by atoms with Crippen LogP contribution in [0.4, 0.5) is 4.39 Å². The second-order valence-electron chi connectivity index (χ2n) is 3.08. The maximum Gasteiger partial charge on any atom is 0.309 e. The molecule has 0 aliphatic rings. The summed E-state index contributed by atoms with van der Waals surface area (Å²) in [5.41, 5.74) is 0.660. The molecule has 0 saturated carbocycles. The van der Waals surface area contributed by atoms with Crippen molar-refractivity contribution in [1.82, 2.24) is 0 Å². The van der Waals surface area contributed by atoms with Crippen molar-refractivity contribution in [3.63, 3.8) is 0 Å². The summed E-state index contributed by atoms with van der Waals surface area (Å²) in [6.45, 7) is 0. The minimum Gasteiger partial charge on any atom is -0.469 e. The third kappa shape index (κ3) is 3.31. The molecule has 16 heavy (non-hydrogen) atoms. The van der Waals surface area contributed by atoms with Crippen molar-refractivity contribution in [2.75, 3.05) is 7.11 Å². The fourth-order valence-corrected chi connectivity index (χ4v) is 1.13. The second kappa shape index (κ2) is 5.80. The number of esters is 1. The van der Waals surface area contributed by atoms with Crippen molar-refractivity contribution in [3.8, 4) is 0 Å². The molecule has 0 aliphatic heterocycles. The molecule has 84 valence electrons. The Bertz CT molecular complexity index is 424. The van der Waals surface area contributed by atoms with Gasteiger partial charge in [-0.2, -0.15) is 0 Å². The Morgan fingerprint density at radius 3 is 2.88 bits per heavy atom. The third-order valence-corrected chi connectivity index (χ3v) is 1.97. The number of aldehydes is 1. The van der Waals surface area contributed by atoms with Crippen molar-refractivity contribution in [2.45, 2.75) is 6.42 Å². The molecular weight excluding hydrogens is 211 g/mol. The monoisotopic (exact) mass is 222 g/mol. The summed E-state index contributed by atoms with van der Waals surface area (Å²) in [4.78, 5) is 21.3. The normalized spacial score (nSPS) is 10.4. The smallest absolute Gasteiger partial charge is 0.309 e. The predicted octanol–water partition coefficient (Wildman–Crippen LogP) is 2.21. The number of ether oxygens (including phenoxy) is 1. The molecule has 0 atom stereocenters. The Hall–Kier alpha value is -1.97. The highest BCUT2D eigenvalue weighted by atomic mass is 19.1. The first-order valence-corrected chi connectivity index (χ1v) is 4.65. The molecule has 0 radical (unpaired) electrons. The Morgan fingerprint density at radius 1 is 1.50 bits per heavy atom. The van der Waals surface area contributed by atoms with Crippen LogP contribution in [-0.2, 0) is 9.53 Å². The summed E-state index contributed by atoms with van der Waals surface area (Å²) >= 11 is 0. The van der Waals surface area contributed by atoms with E-state index in [0.717, 1.165) is 0 Å². The quantitative estimate of drug-likeness (QED) is 0.579. The third-order valence-electron chi connectivity index (χ3n) is 1.97. The number of rotatable bonds is 4. The molecule has 1 aromatic carbocycles. The van der Waals surface area contributed by atoms with Crippen LogP contribution in [0.15, 0.2) is 24.3 Å². The first-order chi connectivity index (χ1) is 7.67. The van der Waals surface area contributed by atoms with Gasteiger partial charge in [0.25, 0.3) is 0 Å². The average Bonchev–Trinajstić information content (AvgIpc) is 2.31. The summed E-state index contributed by atoms with van der Waals surface area (Å²) < 4.78 is 17.4. The number of benzene rings is 1. The molecule has 0 N–H and O–H groups in total. The van der Waals surface area contributed by atoms with E-state index in [1.54, 1.807) is 12.2 Å². The van der Waals surface area contributed by atoms with Gasteiger partial charge >= 0.3 is 5.97 Å². The van der Waals surface area contributed by atoms with Crippen LogP contribution in [-0.4, -0.2) is 19.4 Å². The van der Waals surface area contributed by atoms with E-state index in [9.17, 15) is 14.0 Å². The van der Waals surface area contributed by atoms with Gasteiger partial charge in [-0.1, -0.05) is 18.2 Å². The summed E-state index contributed by atoms with van der Waals surface area (Å²) in [7, 11) is 1.30. The Morgan fingerprint density at radius 2 is 2.25 bits per heavy atom. The van der Waals surface area contributed by atoms with Crippen LogP contribution < -0.4 is 0 Å². The molecule has 0 aromatic heterocycles. The van der Waals surface area contributed by atoms with Crippen molar-refractivity contribution in [1.29, 1.82) is 0 Å². The molecule has 3 nitrogen and oxygen atoms in total. The molecule has 1 rings (SSSR count). The maximum absolute atomic E-state index is 12.9. The molecule has 0 heterocycles. The van der Waals surface area contributed by atoms with Crippen LogP contribution in [0.5, 0.6) is 0 Å². The molecule has 0 unspecified atom stereocenters. The van der Waals surface area contributed by atoms with Crippen LogP contribution in [0, 0.1) is 5.82 Å². The SMILES string of the molecule is COC(=O)CC=Cc1ccc(F)c(C=O)c1. The number of halogens is 1. The summed E-state index contributed by atoms with van der Waals surface area (Å²) in [6.07, 6.45) is 3.81. The van der Waals surface area contributed by atoms with Crippen molar-refractivity contribution < 1.29 is 18.7 Å². The van der Waals surface area contributed by atoms with Gasteiger partial charge in [-0.25, -0.2) is 4.39 Å². The Labute approximate surface area is 92.5 Å². The zero-order valence-electron chi connectivity index (χ0n) is 8.77. The van der Waals surface area contributed by atoms with Gasteiger partial charge in [0.2, 0.25) is 0 Å². The van der Waals surface area contributed by atoms with E-state index in [0.29, 0.717) is 11.8 Å². The molecule has 0 amide bonds. The van der Waals surface area contributed by atoms with E-state index in [-0.39, 0.29) is 18.0 Å². The lowest BCUT2D eigenvalue weighted by Gasteiger charge is -1.97. The van der Waals surface area contributed by atoms with Crippen LogP contribution in [0.2, 0.25) is 0 Å². The standard InChI is InChI=1S/C12H11FO3/c1-16-12(15)4-2-3-9-5-6-11(13)10(7-9)8-14/h2-3,5-8H,4H2,1H3. The number of hydrogen-bond acceptors (Lipinski definition) is 3. The topological polar surface area (TPSA) is 43.4 Å². The van der Waals surface area contributed by atoms with Gasteiger partial charge in [-0.15, -0.1) is 0 Å². The zero-order chi connectivity index (χ0) is 12.0. The maximum atomic E-state index is 12.9. The van der Waals surface area contributed by atoms with Gasteiger partial charge < -0.3 is 4.74 Å². The predicted molar refractivity (Wildman–Crippen MR) is 57.5 cm³/mol. The van der Waals surface area contributed by atoms with E-state index >= 15 is 0 Å². The molecule has 0 bridgehead atoms. The first kappa shape index (κ1) is 12.1. The number of hydrogen-bond donors (Lipinski definition) is 0. The first-order valence-electron chi connectivity index (χ1n) is 4.65. The highest BCUT2D eigenvalue weighted by Gasteiger charge is 2.00. The van der Waals surface area contributed by atoms with Crippen LogP contribution in [0.1, 0.15) is 22.3 Å². The van der Waals surface area contributed by atoms with Crippen LogP contribution in [0.3, 0.4) is 0 Å². The van der Waals surface area contributed by atoms with Gasteiger partial charge in [-0.3, -0.25) is 9.59 Å². The van der Waals surface area contributed by atoms with Crippen molar-refractivity contribution >= 4 is 18.3 Å². The highest BCUT2D eigenvalue weighted by Crippen LogP contribution is 2.10. The van der Waals surface area contributed by atoms with Crippen molar-refractivity contribution in [3.05, 3.63) is 41.2 Å². The minimum atomic E-state index is -0.555. The van der Waals surface area contributed by atoms with Gasteiger partial charge in [0, 0.05) is 0 Å². The Kier molecular flexibility index (Phi) is 4.39. The number of carbonyl (C=O) groups excluding carboxylic acids is 2. The average molecular weight is 222 g/mol. The lowest BCUT2D eigenvalue weighted by molar-refractivity contribution is -0.139. The lowest BCUT2D eigenvalue weighted by atomic mass is 10.1. The molecule has 4 heteroatoms. The molecule has 1 aromatic rings. The number of methoxy groups -OCH3 is 1. The zero-order valence-corrected chi connectivity index (χ0v) is 8.77. The van der Waals surface area contributed by atoms with Gasteiger partial charge in [0.1, 0.15) is 5.82 Å². The van der Waals surface area contributed by atoms with Crippen LogP contribution >= 0.6 is 0 Å². The van der Waals surface area contributed by atoms with E-state index in [4.69, 9.17) is 0 Å². The largest absolute Gasteiger partial charge is 0.469 e. The summed E-state index contributed by atoms with van der Waals surface area (Å²) in [5, 5.41) is 0. The number of carbonyl (C=O) groups is 2. The highest BCUT2D eigenvalue weighted by molar-refractivity contribution is 5.77. The van der Waals surface area contributed by atoms with E-state index in [2.05, 4.69) is 4.74 Å².